The van der Waals surface area contributed by atoms with Gasteiger partial charge in [-0.1, -0.05) is 0 Å². The van der Waals surface area contributed by atoms with Gasteiger partial charge in [-0.15, -0.1) is 0 Å². The Kier molecular flexibility index (Phi) is 4.61. The lowest BCUT2D eigenvalue weighted by molar-refractivity contribution is 0.0284. The van der Waals surface area contributed by atoms with E-state index in [1.807, 2.05) is 37.9 Å². The predicted octanol–water partition coefficient (Wildman–Crippen LogP) is 3.96. The number of amides is 1. The van der Waals surface area contributed by atoms with Crippen molar-refractivity contribution in [3.8, 4) is 11.3 Å². The van der Waals surface area contributed by atoms with Crippen LogP contribution in [0.15, 0.2) is 24.5 Å². The SMILES string of the molecule is CC(C)(C)OC(=O)N1CCC2(CCn3nc(-c4cnc5[nH]cc(P(C)(C)=O)c5c4)cc32)C1. The van der Waals surface area contributed by atoms with E-state index < -0.39 is 12.7 Å². The summed E-state index contributed by atoms with van der Waals surface area (Å²) >= 11 is 0. The molecule has 0 bridgehead atoms. The Morgan fingerprint density at radius 2 is 1.97 bits per heavy atom. The molecular weight excluding hydrogens is 425 g/mol. The summed E-state index contributed by atoms with van der Waals surface area (Å²) in [6.45, 7) is 11.4. The summed E-state index contributed by atoms with van der Waals surface area (Å²) in [7, 11) is -2.43. The number of H-pyrrole nitrogens is 1. The molecule has 1 fully saturated rings. The van der Waals surface area contributed by atoms with Crippen molar-refractivity contribution in [2.45, 2.75) is 51.2 Å². The van der Waals surface area contributed by atoms with E-state index in [-0.39, 0.29) is 11.5 Å². The minimum Gasteiger partial charge on any atom is -0.444 e. The van der Waals surface area contributed by atoms with Crippen molar-refractivity contribution < 1.29 is 14.1 Å². The van der Waals surface area contributed by atoms with Crippen LogP contribution in [-0.2, 0) is 21.3 Å². The highest BCUT2D eigenvalue weighted by Gasteiger charge is 2.47. The number of rotatable bonds is 2. The lowest BCUT2D eigenvalue weighted by Crippen LogP contribution is -2.37. The predicted molar refractivity (Wildman–Crippen MR) is 125 cm³/mol. The molecule has 0 saturated carbocycles. The maximum Gasteiger partial charge on any atom is 0.410 e. The lowest BCUT2D eigenvalue weighted by atomic mass is 9.82. The molecule has 3 aromatic rings. The molecule has 0 aliphatic carbocycles. The van der Waals surface area contributed by atoms with Gasteiger partial charge in [-0.05, 0) is 59.1 Å². The standard InChI is InChI=1S/C23H30N5O3P/c1-22(2,3)31-21(29)27-8-6-23(14-27)7-9-28-19(23)11-17(26-28)15-10-16-18(32(4,5)30)13-25-20(16)24-12-15/h10-13H,6-9,14H2,1-5H3,(H,24,25). The van der Waals surface area contributed by atoms with Gasteiger partial charge in [0.25, 0.3) is 0 Å². The smallest absolute Gasteiger partial charge is 0.410 e. The number of carbonyl (C=O) groups is 1. The number of nitrogens with one attached hydrogen (secondary N) is 1. The maximum atomic E-state index is 12.7. The molecule has 9 heteroatoms. The number of hydrogen-bond acceptors (Lipinski definition) is 5. The molecule has 32 heavy (non-hydrogen) atoms. The minimum absolute atomic E-state index is 0.0819. The van der Waals surface area contributed by atoms with Crippen LogP contribution in [0.2, 0.25) is 0 Å². The van der Waals surface area contributed by atoms with Crippen molar-refractivity contribution in [3.63, 3.8) is 0 Å². The number of hydrogen-bond donors (Lipinski definition) is 1. The van der Waals surface area contributed by atoms with Crippen LogP contribution >= 0.6 is 7.14 Å². The maximum absolute atomic E-state index is 12.7. The molecule has 1 amide bonds. The van der Waals surface area contributed by atoms with Crippen LogP contribution in [0.25, 0.3) is 22.3 Å². The van der Waals surface area contributed by atoms with Gasteiger partial charge in [0.05, 0.1) is 5.69 Å². The first-order chi connectivity index (χ1) is 15.0. The first-order valence-corrected chi connectivity index (χ1v) is 13.6. The van der Waals surface area contributed by atoms with Crippen LogP contribution < -0.4 is 5.30 Å². The number of nitrogens with zero attached hydrogens (tertiary/aromatic N) is 4. The third-order valence-electron chi connectivity index (χ3n) is 6.52. The second-order valence-electron chi connectivity index (χ2n) is 10.5. The molecule has 1 unspecified atom stereocenters. The average molecular weight is 455 g/mol. The highest BCUT2D eigenvalue weighted by molar-refractivity contribution is 7.70. The Bertz CT molecular complexity index is 1260. The van der Waals surface area contributed by atoms with Crippen LogP contribution in [0.3, 0.4) is 0 Å². The number of aryl methyl sites for hydroxylation is 1. The van der Waals surface area contributed by atoms with Gasteiger partial charge in [0.1, 0.15) is 18.4 Å². The van der Waals surface area contributed by atoms with Crippen molar-refractivity contribution in [2.75, 3.05) is 26.4 Å². The monoisotopic (exact) mass is 455 g/mol. The van der Waals surface area contributed by atoms with Crippen LogP contribution in [-0.4, -0.2) is 62.8 Å². The van der Waals surface area contributed by atoms with Crippen molar-refractivity contribution in [1.29, 1.82) is 0 Å². The topological polar surface area (TPSA) is 93.1 Å². The van der Waals surface area contributed by atoms with Crippen LogP contribution in [0.1, 0.15) is 39.3 Å². The summed E-state index contributed by atoms with van der Waals surface area (Å²) in [5.41, 5.74) is 3.09. The zero-order valence-corrected chi connectivity index (χ0v) is 20.2. The molecular formula is C23H30N5O3P. The summed E-state index contributed by atoms with van der Waals surface area (Å²) in [5.74, 6) is 0. The summed E-state index contributed by atoms with van der Waals surface area (Å²) in [5, 5.41) is 6.55. The highest BCUT2D eigenvalue weighted by atomic mass is 31.2. The van der Waals surface area contributed by atoms with E-state index >= 15 is 0 Å². The van der Waals surface area contributed by atoms with Crippen LogP contribution in [0.4, 0.5) is 4.79 Å². The third-order valence-corrected chi connectivity index (χ3v) is 8.05. The van der Waals surface area contributed by atoms with E-state index in [1.165, 1.54) is 5.69 Å². The molecule has 170 valence electrons. The largest absolute Gasteiger partial charge is 0.444 e. The molecule has 2 aliphatic heterocycles. The van der Waals surface area contributed by atoms with E-state index in [9.17, 15) is 9.36 Å². The molecule has 5 rings (SSSR count). The first-order valence-electron chi connectivity index (χ1n) is 11.0. The number of carbonyl (C=O) groups excluding carboxylic acids is 1. The van der Waals surface area contributed by atoms with Crippen LogP contribution in [0, 0.1) is 0 Å². The Balaban J connectivity index is 1.45. The third kappa shape index (κ3) is 3.54. The summed E-state index contributed by atoms with van der Waals surface area (Å²) in [6, 6.07) is 4.17. The number of likely N-dealkylation sites (tertiary alicyclic amines) is 1. The average Bonchev–Trinajstić information content (AvgIpc) is 3.43. The molecule has 2 aliphatic rings. The van der Waals surface area contributed by atoms with Gasteiger partial charge in [-0.3, -0.25) is 4.68 Å². The molecule has 1 atom stereocenters. The zero-order valence-electron chi connectivity index (χ0n) is 19.3. The van der Waals surface area contributed by atoms with Gasteiger partial charge in [-0.25, -0.2) is 9.78 Å². The minimum atomic E-state index is -2.43. The Morgan fingerprint density at radius 1 is 1.22 bits per heavy atom. The fourth-order valence-electron chi connectivity index (χ4n) is 4.95. The Labute approximate surface area is 187 Å². The lowest BCUT2D eigenvalue weighted by Gasteiger charge is -2.26. The highest BCUT2D eigenvalue weighted by Crippen LogP contribution is 2.44. The Hall–Kier alpha value is -2.60. The van der Waals surface area contributed by atoms with Crippen molar-refractivity contribution >= 4 is 29.6 Å². The zero-order chi connectivity index (χ0) is 22.9. The molecule has 1 saturated heterocycles. The van der Waals surface area contributed by atoms with Gasteiger partial charge >= 0.3 is 6.09 Å². The molecule has 1 N–H and O–H groups in total. The summed E-state index contributed by atoms with van der Waals surface area (Å²) in [6.07, 6.45) is 5.25. The first kappa shape index (κ1) is 21.3. The fourth-order valence-corrected chi connectivity index (χ4v) is 6.07. The van der Waals surface area contributed by atoms with E-state index in [0.717, 1.165) is 47.0 Å². The molecule has 3 aromatic heterocycles. The number of ether oxygens (including phenoxy) is 1. The fraction of sp³-hybridized carbons (Fsp3) is 0.522. The second-order valence-corrected chi connectivity index (χ2v) is 13.6. The number of aromatic nitrogens is 4. The molecule has 8 nitrogen and oxygen atoms in total. The quantitative estimate of drug-likeness (QED) is 0.591. The van der Waals surface area contributed by atoms with Gasteiger partial charge in [0.2, 0.25) is 0 Å². The molecule has 0 aromatic carbocycles. The summed E-state index contributed by atoms with van der Waals surface area (Å²) in [4.78, 5) is 22.1. The van der Waals surface area contributed by atoms with Gasteiger partial charge in [-0.2, -0.15) is 5.10 Å². The summed E-state index contributed by atoms with van der Waals surface area (Å²) < 4.78 is 20.3. The van der Waals surface area contributed by atoms with Crippen molar-refractivity contribution in [1.82, 2.24) is 24.6 Å². The van der Waals surface area contributed by atoms with Gasteiger partial charge in [0, 0.05) is 59.4 Å². The molecule has 0 radical (unpaired) electrons. The Morgan fingerprint density at radius 3 is 2.69 bits per heavy atom. The van der Waals surface area contributed by atoms with Crippen LogP contribution in [0.5, 0.6) is 0 Å². The molecule has 1 spiro atoms. The number of fused-ring (bicyclic) bond motifs is 3. The molecule has 5 heterocycles. The van der Waals surface area contributed by atoms with Crippen molar-refractivity contribution in [2.24, 2.45) is 0 Å². The number of pyridine rings is 1. The van der Waals surface area contributed by atoms with Gasteiger partial charge in [0.15, 0.2) is 0 Å². The normalized spacial score (nSPS) is 21.0. The second kappa shape index (κ2) is 6.95. The van der Waals surface area contributed by atoms with E-state index in [1.54, 1.807) is 19.5 Å². The van der Waals surface area contributed by atoms with Crippen molar-refractivity contribution in [3.05, 3.63) is 30.2 Å². The number of aromatic amines is 1. The van der Waals surface area contributed by atoms with E-state index in [2.05, 4.69) is 20.7 Å². The van der Waals surface area contributed by atoms with E-state index in [4.69, 9.17) is 9.84 Å². The van der Waals surface area contributed by atoms with E-state index in [0.29, 0.717) is 13.1 Å². The van der Waals surface area contributed by atoms with Gasteiger partial charge < -0.3 is 19.2 Å².